The van der Waals surface area contributed by atoms with Crippen molar-refractivity contribution in [3.8, 4) is 0 Å². The van der Waals surface area contributed by atoms with Crippen molar-refractivity contribution < 1.29 is 9.59 Å². The number of aryl methyl sites for hydroxylation is 1. The molecule has 0 saturated heterocycles. The molecule has 4 heteroatoms. The fraction of sp³-hybridized carbons (Fsp3) is 0.385. The highest BCUT2D eigenvalue weighted by Crippen LogP contribution is 2.23. The Labute approximate surface area is 100 Å². The summed E-state index contributed by atoms with van der Waals surface area (Å²) >= 11 is 0. The highest BCUT2D eigenvalue weighted by Gasteiger charge is 2.35. The van der Waals surface area contributed by atoms with Crippen LogP contribution >= 0.6 is 0 Å². The Bertz CT molecular complexity index is 482. The molecule has 0 radical (unpaired) electrons. The predicted octanol–water partition coefficient (Wildman–Crippen LogP) is 1.33. The molecule has 0 fully saturated rings. The fourth-order valence-electron chi connectivity index (χ4n) is 1.93. The second-order valence-electron chi connectivity index (χ2n) is 4.44. The zero-order valence-corrected chi connectivity index (χ0v) is 10.1. The van der Waals surface area contributed by atoms with E-state index in [0.717, 1.165) is 12.0 Å². The van der Waals surface area contributed by atoms with Gasteiger partial charge in [0.25, 0.3) is 11.8 Å². The number of hydrogen-bond donors (Lipinski definition) is 1. The topological polar surface area (TPSA) is 63.4 Å². The third kappa shape index (κ3) is 1.96. The minimum atomic E-state index is -0.228. The minimum absolute atomic E-state index is 0.154. The number of imide groups is 1. The molecule has 1 atom stereocenters. The van der Waals surface area contributed by atoms with E-state index in [-0.39, 0.29) is 17.9 Å². The molecule has 1 heterocycles. The van der Waals surface area contributed by atoms with E-state index in [1.165, 1.54) is 4.90 Å². The van der Waals surface area contributed by atoms with Gasteiger partial charge in [-0.05, 0) is 25.5 Å². The van der Waals surface area contributed by atoms with Gasteiger partial charge in [-0.25, -0.2) is 0 Å². The van der Waals surface area contributed by atoms with Gasteiger partial charge in [-0.15, -0.1) is 0 Å². The van der Waals surface area contributed by atoms with Crippen LogP contribution in [0.3, 0.4) is 0 Å². The Balaban J connectivity index is 2.32. The standard InChI is InChI=1S/C13H16N2O2/c1-3-9(14)7-15-12(16)10-5-4-8(2)6-11(10)13(15)17/h4-6,9H,3,7,14H2,1-2H3. The summed E-state index contributed by atoms with van der Waals surface area (Å²) in [6.07, 6.45) is 0.742. The Morgan fingerprint density at radius 1 is 1.24 bits per heavy atom. The van der Waals surface area contributed by atoms with Gasteiger partial charge in [-0.3, -0.25) is 14.5 Å². The molecule has 1 unspecified atom stereocenters. The van der Waals surface area contributed by atoms with Crippen LogP contribution in [-0.4, -0.2) is 29.3 Å². The maximum absolute atomic E-state index is 12.1. The first-order chi connectivity index (χ1) is 8.04. The molecule has 0 spiro atoms. The molecule has 0 bridgehead atoms. The number of carbonyl (C=O) groups is 2. The van der Waals surface area contributed by atoms with E-state index in [2.05, 4.69) is 0 Å². The maximum atomic E-state index is 12.1. The normalized spacial score (nSPS) is 16.3. The van der Waals surface area contributed by atoms with Gasteiger partial charge in [0.05, 0.1) is 11.1 Å². The Kier molecular flexibility index (Phi) is 2.98. The summed E-state index contributed by atoms with van der Waals surface area (Å²) in [5.41, 5.74) is 7.76. The van der Waals surface area contributed by atoms with Crippen LogP contribution in [0.15, 0.2) is 18.2 Å². The highest BCUT2D eigenvalue weighted by atomic mass is 16.2. The summed E-state index contributed by atoms with van der Waals surface area (Å²) in [5.74, 6) is -0.452. The Morgan fingerprint density at radius 2 is 1.88 bits per heavy atom. The lowest BCUT2D eigenvalue weighted by Crippen LogP contribution is -2.40. The van der Waals surface area contributed by atoms with Gasteiger partial charge in [0.2, 0.25) is 0 Å². The van der Waals surface area contributed by atoms with Crippen molar-refractivity contribution in [2.24, 2.45) is 5.73 Å². The van der Waals surface area contributed by atoms with Crippen molar-refractivity contribution in [1.82, 2.24) is 4.90 Å². The van der Waals surface area contributed by atoms with Crippen molar-refractivity contribution in [3.63, 3.8) is 0 Å². The van der Waals surface area contributed by atoms with Crippen molar-refractivity contribution in [3.05, 3.63) is 34.9 Å². The van der Waals surface area contributed by atoms with Crippen LogP contribution in [0.1, 0.15) is 39.6 Å². The number of nitrogens with zero attached hydrogens (tertiary/aromatic N) is 1. The number of nitrogens with two attached hydrogens (primary N) is 1. The highest BCUT2D eigenvalue weighted by molar-refractivity contribution is 6.21. The van der Waals surface area contributed by atoms with Crippen LogP contribution in [0, 0.1) is 6.92 Å². The summed E-state index contributed by atoms with van der Waals surface area (Å²) < 4.78 is 0. The van der Waals surface area contributed by atoms with Crippen LogP contribution in [0.4, 0.5) is 0 Å². The summed E-state index contributed by atoms with van der Waals surface area (Å²) in [4.78, 5) is 25.3. The maximum Gasteiger partial charge on any atom is 0.261 e. The number of amides is 2. The second kappa shape index (κ2) is 4.30. The number of fused-ring (bicyclic) bond motifs is 1. The van der Waals surface area contributed by atoms with Gasteiger partial charge in [0.1, 0.15) is 0 Å². The van der Waals surface area contributed by atoms with Crippen molar-refractivity contribution in [1.29, 1.82) is 0 Å². The quantitative estimate of drug-likeness (QED) is 0.800. The lowest BCUT2D eigenvalue weighted by atomic mass is 10.1. The molecule has 1 aromatic rings. The van der Waals surface area contributed by atoms with Crippen LogP contribution < -0.4 is 5.73 Å². The van der Waals surface area contributed by atoms with Crippen molar-refractivity contribution in [2.75, 3.05) is 6.54 Å². The smallest absolute Gasteiger partial charge is 0.261 e. The zero-order valence-electron chi connectivity index (χ0n) is 10.1. The lowest BCUT2D eigenvalue weighted by molar-refractivity contribution is 0.0644. The average Bonchev–Trinajstić information content (AvgIpc) is 2.54. The molecule has 2 rings (SSSR count). The van der Waals surface area contributed by atoms with E-state index < -0.39 is 0 Å². The molecule has 1 aromatic carbocycles. The molecular formula is C13H16N2O2. The number of rotatable bonds is 3. The lowest BCUT2D eigenvalue weighted by Gasteiger charge is -2.17. The first-order valence-corrected chi connectivity index (χ1v) is 5.77. The van der Waals surface area contributed by atoms with E-state index >= 15 is 0 Å². The molecule has 0 aromatic heterocycles. The van der Waals surface area contributed by atoms with E-state index in [4.69, 9.17) is 5.73 Å². The molecule has 0 saturated carbocycles. The van der Waals surface area contributed by atoms with Crippen LogP contribution in [0.25, 0.3) is 0 Å². The molecule has 2 N–H and O–H groups in total. The summed E-state index contributed by atoms with van der Waals surface area (Å²) in [5, 5.41) is 0. The monoisotopic (exact) mass is 232 g/mol. The van der Waals surface area contributed by atoms with Gasteiger partial charge < -0.3 is 5.73 Å². The SMILES string of the molecule is CCC(N)CN1C(=O)c2ccc(C)cc2C1=O. The second-order valence-corrected chi connectivity index (χ2v) is 4.44. The van der Waals surface area contributed by atoms with Gasteiger partial charge in [0, 0.05) is 12.6 Å². The first-order valence-electron chi connectivity index (χ1n) is 5.77. The molecule has 17 heavy (non-hydrogen) atoms. The minimum Gasteiger partial charge on any atom is -0.326 e. The van der Waals surface area contributed by atoms with Gasteiger partial charge >= 0.3 is 0 Å². The van der Waals surface area contributed by atoms with Gasteiger partial charge in [-0.1, -0.05) is 18.6 Å². The van der Waals surface area contributed by atoms with Gasteiger partial charge in [-0.2, -0.15) is 0 Å². The third-order valence-corrected chi connectivity index (χ3v) is 3.07. The summed E-state index contributed by atoms with van der Waals surface area (Å²) in [6.45, 7) is 4.13. The van der Waals surface area contributed by atoms with Gasteiger partial charge in [0.15, 0.2) is 0 Å². The number of hydrogen-bond acceptors (Lipinski definition) is 3. The molecule has 1 aliphatic rings. The first kappa shape index (κ1) is 11.8. The Morgan fingerprint density at radius 3 is 2.53 bits per heavy atom. The molecule has 90 valence electrons. The van der Waals surface area contributed by atoms with Crippen LogP contribution in [0.2, 0.25) is 0 Å². The number of benzene rings is 1. The average molecular weight is 232 g/mol. The largest absolute Gasteiger partial charge is 0.326 e. The zero-order chi connectivity index (χ0) is 12.6. The molecule has 1 aliphatic heterocycles. The van der Waals surface area contributed by atoms with E-state index in [0.29, 0.717) is 17.7 Å². The van der Waals surface area contributed by atoms with E-state index in [1.807, 2.05) is 19.9 Å². The Hall–Kier alpha value is -1.68. The molecule has 2 amide bonds. The predicted molar refractivity (Wildman–Crippen MR) is 64.8 cm³/mol. The van der Waals surface area contributed by atoms with E-state index in [9.17, 15) is 9.59 Å². The number of carbonyl (C=O) groups excluding carboxylic acids is 2. The van der Waals surface area contributed by atoms with Crippen LogP contribution in [0.5, 0.6) is 0 Å². The summed E-state index contributed by atoms with van der Waals surface area (Å²) in [6, 6.07) is 5.15. The fourth-order valence-corrected chi connectivity index (χ4v) is 1.93. The van der Waals surface area contributed by atoms with E-state index in [1.54, 1.807) is 12.1 Å². The molecule has 0 aliphatic carbocycles. The molecule has 4 nitrogen and oxygen atoms in total. The van der Waals surface area contributed by atoms with Crippen molar-refractivity contribution >= 4 is 11.8 Å². The van der Waals surface area contributed by atoms with Crippen LogP contribution in [-0.2, 0) is 0 Å². The van der Waals surface area contributed by atoms with Crippen molar-refractivity contribution in [2.45, 2.75) is 26.3 Å². The third-order valence-electron chi connectivity index (χ3n) is 3.07. The summed E-state index contributed by atoms with van der Waals surface area (Å²) in [7, 11) is 0. The molecular weight excluding hydrogens is 216 g/mol.